The average molecular weight is 293 g/mol. The normalized spacial score (nSPS) is 10.6. The molecule has 0 amide bonds. The van der Waals surface area contributed by atoms with Crippen LogP contribution in [0.5, 0.6) is 5.75 Å². The van der Waals surface area contributed by atoms with Crippen molar-refractivity contribution in [2.24, 2.45) is 0 Å². The van der Waals surface area contributed by atoms with E-state index in [-0.39, 0.29) is 5.56 Å². The first-order chi connectivity index (χ1) is 9.47. The van der Waals surface area contributed by atoms with Crippen LogP contribution in [0, 0.1) is 13.8 Å². The number of nitrogen functional groups attached to an aromatic ring is 1. The third kappa shape index (κ3) is 3.33. The van der Waals surface area contributed by atoms with Crippen molar-refractivity contribution in [3.05, 3.63) is 57.0 Å². The Morgan fingerprint density at radius 3 is 2.55 bits per heavy atom. The topological polar surface area (TPSA) is 57.2 Å². The van der Waals surface area contributed by atoms with Crippen molar-refractivity contribution in [1.82, 2.24) is 4.57 Å². The van der Waals surface area contributed by atoms with E-state index in [0.717, 1.165) is 21.9 Å². The number of nitrogens with zero attached hydrogens (tertiary/aromatic N) is 1. The van der Waals surface area contributed by atoms with Gasteiger partial charge in [0.2, 0.25) is 0 Å². The van der Waals surface area contributed by atoms with E-state index >= 15 is 0 Å². The molecule has 0 saturated carbocycles. The highest BCUT2D eigenvalue weighted by Crippen LogP contribution is 2.25. The molecule has 0 unspecified atom stereocenters. The minimum Gasteiger partial charge on any atom is -0.492 e. The standard InChI is InChI=1S/C15H17ClN2O2/c1-10-7-13(8-11(2)15(10)16)20-6-5-18-9-12(17)3-4-14(18)19/h3-4,7-9H,5-6,17H2,1-2H3. The largest absolute Gasteiger partial charge is 0.492 e. The SMILES string of the molecule is Cc1cc(OCCn2cc(N)ccc2=O)cc(C)c1Cl. The molecule has 1 aromatic carbocycles. The zero-order valence-electron chi connectivity index (χ0n) is 11.5. The monoisotopic (exact) mass is 292 g/mol. The van der Waals surface area contributed by atoms with Crippen molar-refractivity contribution in [2.45, 2.75) is 20.4 Å². The molecule has 0 saturated heterocycles. The second-order valence-electron chi connectivity index (χ2n) is 4.71. The minimum atomic E-state index is -0.0914. The molecule has 2 N–H and O–H groups in total. The summed E-state index contributed by atoms with van der Waals surface area (Å²) in [6.07, 6.45) is 1.62. The molecule has 20 heavy (non-hydrogen) atoms. The lowest BCUT2D eigenvalue weighted by molar-refractivity contribution is 0.296. The van der Waals surface area contributed by atoms with E-state index in [4.69, 9.17) is 22.1 Å². The smallest absolute Gasteiger partial charge is 0.250 e. The van der Waals surface area contributed by atoms with Crippen LogP contribution in [-0.2, 0) is 6.54 Å². The van der Waals surface area contributed by atoms with Crippen LogP contribution in [0.25, 0.3) is 0 Å². The molecule has 0 radical (unpaired) electrons. The molecule has 0 aliphatic carbocycles. The Bertz CT molecular complexity index is 657. The average Bonchev–Trinajstić information content (AvgIpc) is 2.40. The van der Waals surface area contributed by atoms with Gasteiger partial charge in [-0.2, -0.15) is 0 Å². The van der Waals surface area contributed by atoms with Crippen LogP contribution in [-0.4, -0.2) is 11.2 Å². The maximum absolute atomic E-state index is 11.6. The Hall–Kier alpha value is -1.94. The van der Waals surface area contributed by atoms with E-state index in [1.807, 2.05) is 26.0 Å². The first kappa shape index (κ1) is 14.5. The number of rotatable bonds is 4. The van der Waals surface area contributed by atoms with Crippen molar-refractivity contribution in [3.63, 3.8) is 0 Å². The number of pyridine rings is 1. The van der Waals surface area contributed by atoms with Gasteiger partial charge in [0, 0.05) is 23.0 Å². The highest BCUT2D eigenvalue weighted by Gasteiger charge is 2.04. The molecule has 1 heterocycles. The number of hydrogen-bond acceptors (Lipinski definition) is 3. The number of hydrogen-bond donors (Lipinski definition) is 1. The Morgan fingerprint density at radius 1 is 1.25 bits per heavy atom. The van der Waals surface area contributed by atoms with E-state index in [1.165, 1.54) is 10.6 Å². The maximum Gasteiger partial charge on any atom is 0.250 e. The van der Waals surface area contributed by atoms with Gasteiger partial charge in [-0.25, -0.2) is 0 Å². The molecular formula is C15H17ClN2O2. The lowest BCUT2D eigenvalue weighted by Gasteiger charge is -2.11. The van der Waals surface area contributed by atoms with Gasteiger partial charge in [0.25, 0.3) is 5.56 Å². The van der Waals surface area contributed by atoms with E-state index in [0.29, 0.717) is 18.8 Å². The van der Waals surface area contributed by atoms with Gasteiger partial charge in [-0.1, -0.05) is 11.6 Å². The number of benzene rings is 1. The van der Waals surface area contributed by atoms with Gasteiger partial charge >= 0.3 is 0 Å². The van der Waals surface area contributed by atoms with E-state index in [9.17, 15) is 4.79 Å². The third-order valence-electron chi connectivity index (χ3n) is 3.02. The molecule has 0 aliphatic heterocycles. The predicted octanol–water partition coefficient (Wildman–Crippen LogP) is 2.78. The summed E-state index contributed by atoms with van der Waals surface area (Å²) < 4.78 is 7.19. The fourth-order valence-electron chi connectivity index (χ4n) is 1.98. The molecule has 5 heteroatoms. The molecule has 2 aromatic rings. The van der Waals surface area contributed by atoms with Crippen molar-refractivity contribution < 1.29 is 4.74 Å². The first-order valence-corrected chi connectivity index (χ1v) is 6.70. The second-order valence-corrected chi connectivity index (χ2v) is 5.09. The predicted molar refractivity (Wildman–Crippen MR) is 81.5 cm³/mol. The molecule has 0 fully saturated rings. The van der Waals surface area contributed by atoms with Crippen LogP contribution in [0.15, 0.2) is 35.3 Å². The summed E-state index contributed by atoms with van der Waals surface area (Å²) in [5.41, 5.74) is 8.07. The molecule has 0 atom stereocenters. The zero-order valence-corrected chi connectivity index (χ0v) is 12.3. The lowest BCUT2D eigenvalue weighted by atomic mass is 10.1. The van der Waals surface area contributed by atoms with Gasteiger partial charge < -0.3 is 15.0 Å². The quantitative estimate of drug-likeness (QED) is 0.943. The Kier molecular flexibility index (Phi) is 4.35. The molecule has 2 rings (SSSR count). The van der Waals surface area contributed by atoms with E-state index in [1.54, 1.807) is 12.3 Å². The number of anilines is 1. The van der Waals surface area contributed by atoms with Crippen molar-refractivity contribution >= 4 is 17.3 Å². The number of aryl methyl sites for hydroxylation is 2. The second kappa shape index (κ2) is 6.01. The fraction of sp³-hybridized carbons (Fsp3) is 0.267. The van der Waals surface area contributed by atoms with Crippen molar-refractivity contribution in [3.8, 4) is 5.75 Å². The number of nitrogens with two attached hydrogens (primary N) is 1. The maximum atomic E-state index is 11.6. The van der Waals surface area contributed by atoms with Gasteiger partial charge in [0.1, 0.15) is 12.4 Å². The zero-order chi connectivity index (χ0) is 14.7. The highest BCUT2D eigenvalue weighted by molar-refractivity contribution is 6.32. The molecule has 4 nitrogen and oxygen atoms in total. The van der Waals surface area contributed by atoms with E-state index < -0.39 is 0 Å². The summed E-state index contributed by atoms with van der Waals surface area (Å²) in [4.78, 5) is 11.6. The molecule has 106 valence electrons. The number of ether oxygens (including phenoxy) is 1. The lowest BCUT2D eigenvalue weighted by Crippen LogP contribution is -2.22. The molecule has 0 bridgehead atoms. The minimum absolute atomic E-state index is 0.0914. The summed E-state index contributed by atoms with van der Waals surface area (Å²) in [7, 11) is 0. The van der Waals surface area contributed by atoms with Crippen molar-refractivity contribution in [1.29, 1.82) is 0 Å². The molecular weight excluding hydrogens is 276 g/mol. The Labute approximate surface area is 122 Å². The molecule has 1 aromatic heterocycles. The van der Waals surface area contributed by atoms with Gasteiger partial charge in [0.05, 0.1) is 6.54 Å². The summed E-state index contributed by atoms with van der Waals surface area (Å²) in [6.45, 7) is 4.71. The van der Waals surface area contributed by atoms with Gasteiger partial charge in [-0.15, -0.1) is 0 Å². The van der Waals surface area contributed by atoms with Crippen LogP contribution in [0.4, 0.5) is 5.69 Å². The molecule has 0 spiro atoms. The fourth-order valence-corrected chi connectivity index (χ4v) is 2.09. The summed E-state index contributed by atoms with van der Waals surface area (Å²) in [5.74, 6) is 0.751. The number of halogens is 1. The van der Waals surface area contributed by atoms with Crippen LogP contribution in [0.3, 0.4) is 0 Å². The highest BCUT2D eigenvalue weighted by atomic mass is 35.5. The summed E-state index contributed by atoms with van der Waals surface area (Å²) in [5, 5.41) is 0.754. The molecule has 0 aliphatic rings. The number of aromatic nitrogens is 1. The van der Waals surface area contributed by atoms with Crippen LogP contribution in [0.1, 0.15) is 11.1 Å². The van der Waals surface area contributed by atoms with E-state index in [2.05, 4.69) is 0 Å². The van der Waals surface area contributed by atoms with Gasteiger partial charge in [-0.3, -0.25) is 4.79 Å². The third-order valence-corrected chi connectivity index (χ3v) is 3.61. The van der Waals surface area contributed by atoms with Crippen molar-refractivity contribution in [2.75, 3.05) is 12.3 Å². The van der Waals surface area contributed by atoms with Crippen LogP contribution < -0.4 is 16.0 Å². The Morgan fingerprint density at radius 2 is 1.90 bits per heavy atom. The first-order valence-electron chi connectivity index (χ1n) is 6.33. The van der Waals surface area contributed by atoms with Gasteiger partial charge in [-0.05, 0) is 43.2 Å². The van der Waals surface area contributed by atoms with Crippen LogP contribution >= 0.6 is 11.6 Å². The van der Waals surface area contributed by atoms with Gasteiger partial charge in [0.15, 0.2) is 0 Å². The summed E-state index contributed by atoms with van der Waals surface area (Å²) in [6, 6.07) is 6.81. The Balaban J connectivity index is 2.03. The van der Waals surface area contributed by atoms with Crippen LogP contribution in [0.2, 0.25) is 5.02 Å². The summed E-state index contributed by atoms with van der Waals surface area (Å²) >= 11 is 6.10.